The van der Waals surface area contributed by atoms with Crippen LogP contribution in [0.3, 0.4) is 0 Å². The molecule has 0 aliphatic heterocycles. The number of nitrogens with one attached hydrogen (secondary N) is 3. The fourth-order valence-corrected chi connectivity index (χ4v) is 3.40. The number of carbonyl (C=O) groups excluding carboxylic acids is 1. The second-order valence-electron chi connectivity index (χ2n) is 6.82. The van der Waals surface area contributed by atoms with Crippen LogP contribution in [0.15, 0.2) is 41.4 Å². The van der Waals surface area contributed by atoms with Crippen LogP contribution in [-0.4, -0.2) is 50.5 Å². The lowest BCUT2D eigenvalue weighted by molar-refractivity contribution is 0.0951. The van der Waals surface area contributed by atoms with Crippen molar-refractivity contribution in [2.75, 3.05) is 33.7 Å². The largest absolute Gasteiger partial charge is 0.357 e. The highest BCUT2D eigenvalue weighted by Gasteiger charge is 2.06. The van der Waals surface area contributed by atoms with E-state index in [9.17, 15) is 4.79 Å². The fourth-order valence-electron chi connectivity index (χ4n) is 2.57. The average Bonchev–Trinajstić information content (AvgIpc) is 3.09. The van der Waals surface area contributed by atoms with Crippen LogP contribution in [0.4, 0.5) is 0 Å². The normalized spacial score (nSPS) is 11.1. The van der Waals surface area contributed by atoms with Crippen LogP contribution in [0.2, 0.25) is 0 Å². The predicted octanol–water partition coefficient (Wildman–Crippen LogP) is 3.22. The lowest BCUT2D eigenvalue weighted by atomic mass is 10.1. The summed E-state index contributed by atoms with van der Waals surface area (Å²) < 4.78 is 0. The maximum atomic E-state index is 12.3. The Labute approximate surface area is 195 Å². The number of nitrogens with zero attached hydrogens (tertiary/aromatic N) is 2. The van der Waals surface area contributed by atoms with Crippen molar-refractivity contribution in [3.05, 3.63) is 57.3 Å². The van der Waals surface area contributed by atoms with Gasteiger partial charge in [0, 0.05) is 35.0 Å². The number of aliphatic imine (C=N–C) groups is 1. The Morgan fingerprint density at radius 1 is 1.14 bits per heavy atom. The molecule has 0 aliphatic rings. The maximum absolute atomic E-state index is 12.3. The predicted molar refractivity (Wildman–Crippen MR) is 133 cm³/mol. The summed E-state index contributed by atoms with van der Waals surface area (Å²) in [6, 6.07) is 11.9. The number of carbonyl (C=O) groups is 1. The monoisotopic (exact) mass is 529 g/mol. The molecule has 2 aromatic rings. The summed E-state index contributed by atoms with van der Waals surface area (Å²) in [7, 11) is 3.97. The van der Waals surface area contributed by atoms with Crippen LogP contribution >= 0.6 is 35.3 Å². The van der Waals surface area contributed by atoms with Crippen molar-refractivity contribution in [2.24, 2.45) is 4.99 Å². The lowest BCUT2D eigenvalue weighted by Crippen LogP contribution is -2.36. The molecule has 1 aromatic heterocycles. The Balaban J connectivity index is 0.00000420. The number of thiophene rings is 1. The Hall–Kier alpha value is -1.65. The molecule has 1 aromatic carbocycles. The number of halogens is 1. The van der Waals surface area contributed by atoms with Gasteiger partial charge in [-0.1, -0.05) is 12.1 Å². The van der Waals surface area contributed by atoms with E-state index in [1.807, 2.05) is 50.2 Å². The molecule has 8 heteroatoms. The first-order valence-electron chi connectivity index (χ1n) is 9.57. The van der Waals surface area contributed by atoms with E-state index in [0.717, 1.165) is 31.2 Å². The molecule has 0 unspecified atom stereocenters. The zero-order chi connectivity index (χ0) is 20.4. The number of benzene rings is 1. The van der Waals surface area contributed by atoms with Crippen molar-refractivity contribution >= 4 is 47.2 Å². The number of amides is 1. The molecule has 0 aliphatic carbocycles. The topological polar surface area (TPSA) is 68.8 Å². The SMILES string of the molecule is CCNC(=NCc1cccc(C(=O)NCCN(C)C)c1)NCc1ccc(C)s1.I. The van der Waals surface area contributed by atoms with E-state index < -0.39 is 0 Å². The van der Waals surface area contributed by atoms with Crippen molar-refractivity contribution in [2.45, 2.75) is 26.9 Å². The van der Waals surface area contributed by atoms with Crippen molar-refractivity contribution in [1.29, 1.82) is 0 Å². The fraction of sp³-hybridized carbons (Fsp3) is 0.429. The third kappa shape index (κ3) is 9.60. The van der Waals surface area contributed by atoms with Gasteiger partial charge >= 0.3 is 0 Å². The molecular weight excluding hydrogens is 497 g/mol. The van der Waals surface area contributed by atoms with Gasteiger partial charge in [0.25, 0.3) is 5.91 Å². The van der Waals surface area contributed by atoms with Crippen LogP contribution in [0, 0.1) is 6.92 Å². The van der Waals surface area contributed by atoms with Crippen LogP contribution in [-0.2, 0) is 13.1 Å². The highest BCUT2D eigenvalue weighted by Crippen LogP contribution is 2.14. The Morgan fingerprint density at radius 2 is 1.93 bits per heavy atom. The summed E-state index contributed by atoms with van der Waals surface area (Å²) in [5, 5.41) is 9.57. The van der Waals surface area contributed by atoms with Crippen molar-refractivity contribution in [3.8, 4) is 0 Å². The summed E-state index contributed by atoms with van der Waals surface area (Å²) in [6.07, 6.45) is 0. The highest BCUT2D eigenvalue weighted by molar-refractivity contribution is 14.0. The summed E-state index contributed by atoms with van der Waals surface area (Å²) in [4.78, 5) is 21.6. The van der Waals surface area contributed by atoms with Crippen molar-refractivity contribution in [1.82, 2.24) is 20.9 Å². The van der Waals surface area contributed by atoms with Gasteiger partial charge in [-0.3, -0.25) is 4.79 Å². The van der Waals surface area contributed by atoms with E-state index >= 15 is 0 Å². The maximum Gasteiger partial charge on any atom is 0.251 e. The average molecular weight is 529 g/mol. The van der Waals surface area contributed by atoms with Gasteiger partial charge < -0.3 is 20.9 Å². The molecule has 1 heterocycles. The zero-order valence-electron chi connectivity index (χ0n) is 17.6. The lowest BCUT2D eigenvalue weighted by Gasteiger charge is -2.11. The Kier molecular flexibility index (Phi) is 11.9. The van der Waals surface area contributed by atoms with E-state index in [0.29, 0.717) is 18.7 Å². The molecule has 0 radical (unpaired) electrons. The molecular formula is C21H32IN5OS. The number of hydrogen-bond donors (Lipinski definition) is 3. The van der Waals surface area contributed by atoms with Gasteiger partial charge in [0.1, 0.15) is 0 Å². The Morgan fingerprint density at radius 3 is 2.59 bits per heavy atom. The van der Waals surface area contributed by atoms with Gasteiger partial charge in [0.15, 0.2) is 5.96 Å². The molecule has 2 rings (SSSR count). The number of hydrogen-bond acceptors (Lipinski definition) is 4. The van der Waals surface area contributed by atoms with E-state index in [1.54, 1.807) is 11.3 Å². The van der Waals surface area contributed by atoms with Gasteiger partial charge in [0.2, 0.25) is 0 Å². The molecule has 0 saturated carbocycles. The minimum absolute atomic E-state index is 0. The second kappa shape index (κ2) is 13.6. The van der Waals surface area contributed by atoms with Crippen LogP contribution in [0.25, 0.3) is 0 Å². The minimum atomic E-state index is -0.0502. The van der Waals surface area contributed by atoms with Gasteiger partial charge in [-0.25, -0.2) is 4.99 Å². The molecule has 3 N–H and O–H groups in total. The molecule has 29 heavy (non-hydrogen) atoms. The molecule has 1 amide bonds. The molecule has 0 saturated heterocycles. The third-order valence-electron chi connectivity index (χ3n) is 4.02. The van der Waals surface area contributed by atoms with E-state index in [1.165, 1.54) is 9.75 Å². The smallest absolute Gasteiger partial charge is 0.251 e. The second-order valence-corrected chi connectivity index (χ2v) is 8.19. The highest BCUT2D eigenvalue weighted by atomic mass is 127. The number of aryl methyl sites for hydroxylation is 1. The van der Waals surface area contributed by atoms with Gasteiger partial charge in [0.05, 0.1) is 13.1 Å². The standard InChI is InChI=1S/C21H31N5OS.HI/c1-5-22-21(25-15-19-10-9-16(2)28-19)24-14-17-7-6-8-18(13-17)20(27)23-11-12-26(3)4;/h6-10,13H,5,11-12,14-15H2,1-4H3,(H,23,27)(H2,22,24,25);1H. The summed E-state index contributed by atoms with van der Waals surface area (Å²) >= 11 is 1.78. The van der Waals surface area contributed by atoms with Gasteiger partial charge in [-0.05, 0) is 57.8 Å². The minimum Gasteiger partial charge on any atom is -0.357 e. The van der Waals surface area contributed by atoms with Crippen molar-refractivity contribution < 1.29 is 4.79 Å². The number of guanidine groups is 1. The van der Waals surface area contributed by atoms with Crippen molar-refractivity contribution in [3.63, 3.8) is 0 Å². The summed E-state index contributed by atoms with van der Waals surface area (Å²) in [6.45, 7) is 7.66. The number of likely N-dealkylation sites (N-methyl/N-ethyl adjacent to an activating group) is 1. The zero-order valence-corrected chi connectivity index (χ0v) is 20.8. The number of rotatable bonds is 9. The van der Waals surface area contributed by atoms with E-state index in [4.69, 9.17) is 0 Å². The molecule has 0 atom stereocenters. The molecule has 160 valence electrons. The molecule has 0 fully saturated rings. The van der Waals surface area contributed by atoms with E-state index in [-0.39, 0.29) is 29.9 Å². The summed E-state index contributed by atoms with van der Waals surface area (Å²) in [5.41, 5.74) is 1.67. The first-order chi connectivity index (χ1) is 13.5. The van der Waals surface area contributed by atoms with Crippen LogP contribution < -0.4 is 16.0 Å². The van der Waals surface area contributed by atoms with Crippen LogP contribution in [0.5, 0.6) is 0 Å². The Bertz CT molecular complexity index is 791. The van der Waals surface area contributed by atoms with Crippen LogP contribution in [0.1, 0.15) is 32.6 Å². The molecule has 0 bridgehead atoms. The summed E-state index contributed by atoms with van der Waals surface area (Å²) in [5.74, 6) is 0.722. The molecule has 6 nitrogen and oxygen atoms in total. The van der Waals surface area contributed by atoms with Gasteiger partial charge in [-0.2, -0.15) is 0 Å². The first kappa shape index (κ1) is 25.4. The molecule has 0 spiro atoms. The third-order valence-corrected chi connectivity index (χ3v) is 5.02. The first-order valence-corrected chi connectivity index (χ1v) is 10.4. The van der Waals surface area contributed by atoms with Gasteiger partial charge in [-0.15, -0.1) is 35.3 Å². The van der Waals surface area contributed by atoms with E-state index in [2.05, 4.69) is 40.0 Å². The quantitative estimate of drug-likeness (QED) is 0.265.